The number of halogens is 2. The van der Waals surface area contributed by atoms with E-state index in [2.05, 4.69) is 5.32 Å². The number of benzene rings is 2. The normalized spacial score (nSPS) is 16.8. The SMILES string of the molecule is O=C(NCC1CN(c2ccccc2)C(=O)O1)c1ccc(Cl)cc1Cl. The molecule has 2 aromatic rings. The summed E-state index contributed by atoms with van der Waals surface area (Å²) in [4.78, 5) is 25.7. The van der Waals surface area contributed by atoms with Crippen molar-refractivity contribution in [3.63, 3.8) is 0 Å². The van der Waals surface area contributed by atoms with Crippen LogP contribution in [-0.2, 0) is 4.74 Å². The second kappa shape index (κ2) is 7.11. The predicted molar refractivity (Wildman–Crippen MR) is 92.9 cm³/mol. The number of cyclic esters (lactones) is 1. The highest BCUT2D eigenvalue weighted by atomic mass is 35.5. The molecule has 7 heteroatoms. The molecular weight excluding hydrogens is 351 g/mol. The molecule has 1 saturated heterocycles. The number of nitrogens with one attached hydrogen (secondary N) is 1. The highest BCUT2D eigenvalue weighted by Crippen LogP contribution is 2.22. The molecule has 0 saturated carbocycles. The van der Waals surface area contributed by atoms with E-state index in [1.54, 1.807) is 12.1 Å². The van der Waals surface area contributed by atoms with Gasteiger partial charge in [0.1, 0.15) is 6.10 Å². The van der Waals surface area contributed by atoms with Crippen LogP contribution >= 0.6 is 23.2 Å². The predicted octanol–water partition coefficient (Wildman–Crippen LogP) is 3.75. The molecular formula is C17H14Cl2N2O3. The second-order valence-electron chi connectivity index (χ2n) is 5.29. The number of hydrogen-bond acceptors (Lipinski definition) is 3. The van der Waals surface area contributed by atoms with Crippen LogP contribution in [0.1, 0.15) is 10.4 Å². The van der Waals surface area contributed by atoms with E-state index in [1.165, 1.54) is 11.0 Å². The van der Waals surface area contributed by atoms with E-state index in [4.69, 9.17) is 27.9 Å². The summed E-state index contributed by atoms with van der Waals surface area (Å²) in [6.45, 7) is 0.574. The zero-order valence-corrected chi connectivity index (χ0v) is 14.1. The third kappa shape index (κ3) is 3.63. The Morgan fingerprint density at radius 1 is 1.21 bits per heavy atom. The first-order chi connectivity index (χ1) is 11.5. The molecule has 1 N–H and O–H groups in total. The summed E-state index contributed by atoms with van der Waals surface area (Å²) in [6.07, 6.45) is -0.849. The van der Waals surface area contributed by atoms with Gasteiger partial charge in [-0.15, -0.1) is 0 Å². The van der Waals surface area contributed by atoms with Gasteiger partial charge in [0.15, 0.2) is 0 Å². The zero-order valence-electron chi connectivity index (χ0n) is 12.5. The fourth-order valence-corrected chi connectivity index (χ4v) is 2.92. The average Bonchev–Trinajstić information content (AvgIpc) is 2.94. The van der Waals surface area contributed by atoms with Gasteiger partial charge in [-0.05, 0) is 30.3 Å². The van der Waals surface area contributed by atoms with Gasteiger partial charge in [0.25, 0.3) is 5.91 Å². The van der Waals surface area contributed by atoms with Gasteiger partial charge in [-0.1, -0.05) is 41.4 Å². The Morgan fingerprint density at radius 2 is 1.96 bits per heavy atom. The molecule has 1 fully saturated rings. The fourth-order valence-electron chi connectivity index (χ4n) is 2.42. The second-order valence-corrected chi connectivity index (χ2v) is 6.13. The molecule has 124 valence electrons. The molecule has 1 aliphatic heterocycles. The molecule has 1 unspecified atom stereocenters. The lowest BCUT2D eigenvalue weighted by atomic mass is 10.2. The van der Waals surface area contributed by atoms with Crippen LogP contribution in [0.25, 0.3) is 0 Å². The molecule has 1 aliphatic rings. The van der Waals surface area contributed by atoms with Crippen molar-refractivity contribution >= 4 is 40.9 Å². The van der Waals surface area contributed by atoms with Crippen molar-refractivity contribution in [2.24, 2.45) is 0 Å². The summed E-state index contributed by atoms with van der Waals surface area (Å²) >= 11 is 11.8. The van der Waals surface area contributed by atoms with E-state index in [9.17, 15) is 9.59 Å². The Kier molecular flexibility index (Phi) is 4.92. The number of amides is 2. The Balaban J connectivity index is 1.59. The van der Waals surface area contributed by atoms with Gasteiger partial charge in [0, 0.05) is 10.7 Å². The first-order valence-corrected chi connectivity index (χ1v) is 8.06. The molecule has 1 atom stereocenters. The highest BCUT2D eigenvalue weighted by Gasteiger charge is 2.32. The molecule has 0 radical (unpaired) electrons. The van der Waals surface area contributed by atoms with Crippen LogP contribution in [-0.4, -0.2) is 31.2 Å². The van der Waals surface area contributed by atoms with Crippen LogP contribution in [0.2, 0.25) is 10.0 Å². The minimum Gasteiger partial charge on any atom is -0.442 e. The zero-order chi connectivity index (χ0) is 17.1. The lowest BCUT2D eigenvalue weighted by Crippen LogP contribution is -2.34. The van der Waals surface area contributed by atoms with Gasteiger partial charge in [-0.25, -0.2) is 4.79 Å². The number of ether oxygens (including phenoxy) is 1. The molecule has 24 heavy (non-hydrogen) atoms. The molecule has 5 nitrogen and oxygen atoms in total. The smallest absolute Gasteiger partial charge is 0.414 e. The van der Waals surface area contributed by atoms with Crippen LogP contribution in [0.5, 0.6) is 0 Å². The Bertz CT molecular complexity index is 768. The fraction of sp³-hybridized carbons (Fsp3) is 0.176. The molecule has 1 heterocycles. The summed E-state index contributed by atoms with van der Waals surface area (Å²) in [5.74, 6) is -0.342. The lowest BCUT2D eigenvalue weighted by Gasteiger charge is -2.13. The summed E-state index contributed by atoms with van der Waals surface area (Å²) < 4.78 is 5.28. The number of anilines is 1. The summed E-state index contributed by atoms with van der Waals surface area (Å²) in [6, 6.07) is 13.9. The van der Waals surface area contributed by atoms with Crippen LogP contribution in [0.15, 0.2) is 48.5 Å². The lowest BCUT2D eigenvalue weighted by molar-refractivity contribution is 0.0916. The molecule has 2 amide bonds. The topological polar surface area (TPSA) is 58.6 Å². The third-order valence-corrected chi connectivity index (χ3v) is 4.16. The Hall–Kier alpha value is -2.24. The number of nitrogens with zero attached hydrogens (tertiary/aromatic N) is 1. The first kappa shape index (κ1) is 16.6. The molecule has 0 spiro atoms. The van der Waals surface area contributed by atoms with Crippen LogP contribution in [0, 0.1) is 0 Å². The summed E-state index contributed by atoms with van der Waals surface area (Å²) in [5.41, 5.74) is 1.09. The number of carbonyl (C=O) groups excluding carboxylic acids is 2. The van der Waals surface area contributed by atoms with E-state index in [0.29, 0.717) is 17.1 Å². The Labute approximate surface area is 149 Å². The molecule has 0 aromatic heterocycles. The average molecular weight is 365 g/mol. The number of para-hydroxylation sites is 1. The van der Waals surface area contributed by atoms with E-state index < -0.39 is 12.2 Å². The van der Waals surface area contributed by atoms with Crippen molar-refractivity contribution in [2.75, 3.05) is 18.0 Å². The van der Waals surface area contributed by atoms with Gasteiger partial charge < -0.3 is 10.1 Å². The van der Waals surface area contributed by atoms with Gasteiger partial charge in [0.2, 0.25) is 0 Å². The van der Waals surface area contributed by atoms with Gasteiger partial charge in [-0.3, -0.25) is 9.69 Å². The van der Waals surface area contributed by atoms with E-state index >= 15 is 0 Å². The molecule has 0 aliphatic carbocycles. The third-order valence-electron chi connectivity index (χ3n) is 3.61. The van der Waals surface area contributed by atoms with Crippen molar-refractivity contribution in [1.29, 1.82) is 0 Å². The maximum Gasteiger partial charge on any atom is 0.414 e. The first-order valence-electron chi connectivity index (χ1n) is 7.31. The molecule has 2 aromatic carbocycles. The largest absolute Gasteiger partial charge is 0.442 e. The van der Waals surface area contributed by atoms with Crippen molar-refractivity contribution in [2.45, 2.75) is 6.10 Å². The van der Waals surface area contributed by atoms with Crippen molar-refractivity contribution < 1.29 is 14.3 Å². The van der Waals surface area contributed by atoms with Gasteiger partial charge in [0.05, 0.1) is 23.7 Å². The van der Waals surface area contributed by atoms with E-state index in [1.807, 2.05) is 30.3 Å². The molecule has 0 bridgehead atoms. The van der Waals surface area contributed by atoms with Crippen LogP contribution < -0.4 is 10.2 Å². The standard InChI is InChI=1S/C17H14Cl2N2O3/c18-11-6-7-14(15(19)8-11)16(22)20-9-13-10-21(17(23)24-13)12-4-2-1-3-5-12/h1-8,13H,9-10H2,(H,20,22). The van der Waals surface area contributed by atoms with Crippen molar-refractivity contribution in [3.05, 3.63) is 64.1 Å². The minimum atomic E-state index is -0.426. The number of hydrogen-bond donors (Lipinski definition) is 1. The highest BCUT2D eigenvalue weighted by molar-refractivity contribution is 6.36. The quantitative estimate of drug-likeness (QED) is 0.898. The van der Waals surface area contributed by atoms with E-state index in [-0.39, 0.29) is 17.5 Å². The summed E-state index contributed by atoms with van der Waals surface area (Å²) in [7, 11) is 0. The van der Waals surface area contributed by atoms with Crippen molar-refractivity contribution in [3.8, 4) is 0 Å². The van der Waals surface area contributed by atoms with Gasteiger partial charge in [-0.2, -0.15) is 0 Å². The maximum atomic E-state index is 12.2. The van der Waals surface area contributed by atoms with Crippen LogP contribution in [0.4, 0.5) is 10.5 Å². The maximum absolute atomic E-state index is 12.2. The molecule has 3 rings (SSSR count). The summed E-state index contributed by atoms with van der Waals surface area (Å²) in [5, 5.41) is 3.45. The Morgan fingerprint density at radius 3 is 2.67 bits per heavy atom. The van der Waals surface area contributed by atoms with Gasteiger partial charge >= 0.3 is 6.09 Å². The van der Waals surface area contributed by atoms with Crippen molar-refractivity contribution in [1.82, 2.24) is 5.32 Å². The van der Waals surface area contributed by atoms with E-state index in [0.717, 1.165) is 5.69 Å². The minimum absolute atomic E-state index is 0.201. The number of rotatable bonds is 4. The van der Waals surface area contributed by atoms with Crippen LogP contribution in [0.3, 0.4) is 0 Å². The number of carbonyl (C=O) groups is 2. The monoisotopic (exact) mass is 364 g/mol.